The van der Waals surface area contributed by atoms with Crippen molar-refractivity contribution in [3.05, 3.63) is 39.4 Å². The lowest BCUT2D eigenvalue weighted by molar-refractivity contribution is -0.385. The van der Waals surface area contributed by atoms with E-state index in [1.807, 2.05) is 0 Å². The van der Waals surface area contributed by atoms with E-state index < -0.39 is 10.8 Å². The highest BCUT2D eigenvalue weighted by Gasteiger charge is 2.21. The van der Waals surface area contributed by atoms with Crippen molar-refractivity contribution in [3.63, 3.8) is 0 Å². The lowest BCUT2D eigenvalue weighted by Crippen LogP contribution is -2.33. The number of nitro groups is 1. The molecule has 0 saturated carbocycles. The van der Waals surface area contributed by atoms with Gasteiger partial charge in [0.1, 0.15) is 5.56 Å². The molecule has 0 unspecified atom stereocenters. The average Bonchev–Trinajstić information content (AvgIpc) is 2.33. The number of benzene rings is 1. The molecule has 0 aliphatic heterocycles. The Hall–Kier alpha value is -2.44. The molecule has 0 fully saturated rings. The fourth-order valence-electron chi connectivity index (χ4n) is 1.59. The number of carbonyl (C=O) groups excluding carboxylic acids is 2. The summed E-state index contributed by atoms with van der Waals surface area (Å²) in [6.45, 7) is 3.43. The molecule has 0 aliphatic rings. The van der Waals surface area contributed by atoms with Crippen LogP contribution in [0.25, 0.3) is 0 Å². The average molecular weight is 265 g/mol. The minimum absolute atomic E-state index is 0.0211. The zero-order valence-electron chi connectivity index (χ0n) is 10.7. The molecule has 1 aromatic rings. The summed E-state index contributed by atoms with van der Waals surface area (Å²) in [5.74, 6) is -0.725. The Labute approximate surface area is 110 Å². The quantitative estimate of drug-likeness (QED) is 0.466. The Balaban J connectivity index is 2.74. The van der Waals surface area contributed by atoms with Crippen LogP contribution < -0.4 is 10.6 Å². The minimum Gasteiger partial charge on any atom is -0.355 e. The van der Waals surface area contributed by atoms with Gasteiger partial charge in [0.25, 0.3) is 11.6 Å². The van der Waals surface area contributed by atoms with E-state index in [0.29, 0.717) is 5.56 Å². The SMILES string of the molecule is CC(=O)NCCNC(=O)c1cccc(C)c1[N+](=O)[O-]. The smallest absolute Gasteiger partial charge is 0.285 e. The van der Waals surface area contributed by atoms with Gasteiger partial charge < -0.3 is 10.6 Å². The Kier molecular flexibility index (Phi) is 4.99. The second kappa shape index (κ2) is 6.48. The topological polar surface area (TPSA) is 101 Å². The van der Waals surface area contributed by atoms with Gasteiger partial charge in [0, 0.05) is 25.6 Å². The molecule has 1 rings (SSSR count). The minimum atomic E-state index is -0.571. The zero-order chi connectivity index (χ0) is 14.4. The van der Waals surface area contributed by atoms with Crippen LogP contribution in [0, 0.1) is 17.0 Å². The van der Waals surface area contributed by atoms with Gasteiger partial charge in [-0.1, -0.05) is 12.1 Å². The number of nitro benzene ring substituents is 1. The first-order chi connectivity index (χ1) is 8.93. The van der Waals surface area contributed by atoms with E-state index in [2.05, 4.69) is 10.6 Å². The van der Waals surface area contributed by atoms with Crippen molar-refractivity contribution in [2.24, 2.45) is 0 Å². The molecule has 102 valence electrons. The van der Waals surface area contributed by atoms with E-state index in [9.17, 15) is 19.7 Å². The molecule has 0 spiro atoms. The summed E-state index contributed by atoms with van der Waals surface area (Å²) in [5, 5.41) is 16.0. The third-order valence-electron chi connectivity index (χ3n) is 2.45. The first-order valence-electron chi connectivity index (χ1n) is 5.70. The fraction of sp³-hybridized carbons (Fsp3) is 0.333. The molecule has 0 radical (unpaired) electrons. The number of rotatable bonds is 5. The highest BCUT2D eigenvalue weighted by Crippen LogP contribution is 2.22. The summed E-state index contributed by atoms with van der Waals surface area (Å²) >= 11 is 0. The van der Waals surface area contributed by atoms with Crippen molar-refractivity contribution < 1.29 is 14.5 Å². The maximum absolute atomic E-state index is 11.8. The van der Waals surface area contributed by atoms with Crippen LogP contribution in [0.3, 0.4) is 0 Å². The van der Waals surface area contributed by atoms with Crippen LogP contribution in [0.1, 0.15) is 22.8 Å². The number of amides is 2. The van der Waals surface area contributed by atoms with Crippen LogP contribution in [-0.4, -0.2) is 29.8 Å². The summed E-state index contributed by atoms with van der Waals surface area (Å²) in [7, 11) is 0. The monoisotopic (exact) mass is 265 g/mol. The summed E-state index contributed by atoms with van der Waals surface area (Å²) in [6, 6.07) is 4.57. The highest BCUT2D eigenvalue weighted by atomic mass is 16.6. The largest absolute Gasteiger partial charge is 0.355 e. The van der Waals surface area contributed by atoms with Gasteiger partial charge in [-0.2, -0.15) is 0 Å². The molecule has 19 heavy (non-hydrogen) atoms. The van der Waals surface area contributed by atoms with Crippen molar-refractivity contribution >= 4 is 17.5 Å². The fourth-order valence-corrected chi connectivity index (χ4v) is 1.59. The number of hydrogen-bond donors (Lipinski definition) is 2. The summed E-state index contributed by atoms with van der Waals surface area (Å²) in [6.07, 6.45) is 0. The number of nitrogens with one attached hydrogen (secondary N) is 2. The lowest BCUT2D eigenvalue weighted by Gasteiger charge is -2.07. The Morgan fingerprint density at radius 2 is 1.89 bits per heavy atom. The molecule has 0 saturated heterocycles. The predicted octanol–water partition coefficient (Wildman–Crippen LogP) is 0.769. The molecular formula is C12H15N3O4. The molecule has 2 amide bonds. The molecule has 7 nitrogen and oxygen atoms in total. The first-order valence-corrected chi connectivity index (χ1v) is 5.70. The van der Waals surface area contributed by atoms with E-state index >= 15 is 0 Å². The van der Waals surface area contributed by atoms with Crippen molar-refractivity contribution in [2.45, 2.75) is 13.8 Å². The van der Waals surface area contributed by atoms with Gasteiger partial charge in [-0.05, 0) is 13.0 Å². The van der Waals surface area contributed by atoms with E-state index in [1.165, 1.54) is 13.0 Å². The van der Waals surface area contributed by atoms with Gasteiger partial charge in [0.05, 0.1) is 4.92 Å². The molecule has 0 bridgehead atoms. The van der Waals surface area contributed by atoms with E-state index in [4.69, 9.17) is 0 Å². The van der Waals surface area contributed by atoms with Crippen molar-refractivity contribution in [2.75, 3.05) is 13.1 Å². The van der Waals surface area contributed by atoms with E-state index in [0.717, 1.165) is 0 Å². The zero-order valence-corrected chi connectivity index (χ0v) is 10.7. The van der Waals surface area contributed by atoms with E-state index in [-0.39, 0.29) is 30.2 Å². The van der Waals surface area contributed by atoms with Gasteiger partial charge in [-0.15, -0.1) is 0 Å². The number of carbonyl (C=O) groups is 2. The van der Waals surface area contributed by atoms with Crippen LogP contribution in [0.15, 0.2) is 18.2 Å². The summed E-state index contributed by atoms with van der Waals surface area (Å²) in [5.41, 5.74) is 0.256. The first kappa shape index (κ1) is 14.6. The number of nitrogens with zero attached hydrogens (tertiary/aromatic N) is 1. The summed E-state index contributed by atoms with van der Waals surface area (Å²) < 4.78 is 0. The molecule has 0 aromatic heterocycles. The molecule has 7 heteroatoms. The standard InChI is InChI=1S/C12H15N3O4/c1-8-4-3-5-10(11(8)15(18)19)12(17)14-7-6-13-9(2)16/h3-5H,6-7H2,1-2H3,(H,13,16)(H,14,17). The third kappa shape index (κ3) is 4.06. The lowest BCUT2D eigenvalue weighted by atomic mass is 10.1. The van der Waals surface area contributed by atoms with Gasteiger partial charge in [0.15, 0.2) is 0 Å². The van der Waals surface area contributed by atoms with Crippen LogP contribution in [0.4, 0.5) is 5.69 Å². The second-order valence-corrected chi connectivity index (χ2v) is 3.97. The Morgan fingerprint density at radius 3 is 2.47 bits per heavy atom. The normalized spacial score (nSPS) is 9.79. The van der Waals surface area contributed by atoms with Crippen molar-refractivity contribution in [1.82, 2.24) is 10.6 Å². The van der Waals surface area contributed by atoms with Crippen molar-refractivity contribution in [3.8, 4) is 0 Å². The molecule has 0 atom stereocenters. The third-order valence-corrected chi connectivity index (χ3v) is 2.45. The van der Waals surface area contributed by atoms with Crippen molar-refractivity contribution in [1.29, 1.82) is 0 Å². The van der Waals surface area contributed by atoms with Gasteiger partial charge in [-0.3, -0.25) is 19.7 Å². The second-order valence-electron chi connectivity index (χ2n) is 3.97. The number of para-hydroxylation sites is 1. The van der Waals surface area contributed by atoms with Gasteiger partial charge in [0.2, 0.25) is 5.91 Å². The molecule has 1 aromatic carbocycles. The number of hydrogen-bond acceptors (Lipinski definition) is 4. The van der Waals surface area contributed by atoms with Crippen LogP contribution in [0.5, 0.6) is 0 Å². The molecular weight excluding hydrogens is 250 g/mol. The Morgan fingerprint density at radius 1 is 1.26 bits per heavy atom. The molecule has 0 heterocycles. The Bertz CT molecular complexity index is 514. The maximum atomic E-state index is 11.8. The summed E-state index contributed by atoms with van der Waals surface area (Å²) in [4.78, 5) is 32.8. The van der Waals surface area contributed by atoms with Crippen LogP contribution in [-0.2, 0) is 4.79 Å². The van der Waals surface area contributed by atoms with Crippen LogP contribution in [0.2, 0.25) is 0 Å². The van der Waals surface area contributed by atoms with Gasteiger partial charge in [-0.25, -0.2) is 0 Å². The highest BCUT2D eigenvalue weighted by molar-refractivity contribution is 5.98. The number of aryl methyl sites for hydroxylation is 1. The van der Waals surface area contributed by atoms with E-state index in [1.54, 1.807) is 19.1 Å². The molecule has 2 N–H and O–H groups in total. The maximum Gasteiger partial charge on any atom is 0.285 e. The molecule has 0 aliphatic carbocycles. The predicted molar refractivity (Wildman–Crippen MR) is 68.9 cm³/mol. The van der Waals surface area contributed by atoms with Gasteiger partial charge >= 0.3 is 0 Å². The van der Waals surface area contributed by atoms with Crippen LogP contribution >= 0.6 is 0 Å².